The fraction of sp³-hybridized carbons (Fsp3) is 0.250. The molecule has 1 aliphatic rings. The van der Waals surface area contributed by atoms with Crippen LogP contribution in [0.5, 0.6) is 5.75 Å². The van der Waals surface area contributed by atoms with Gasteiger partial charge in [-0.25, -0.2) is 4.79 Å². The first kappa shape index (κ1) is 26.9. The summed E-state index contributed by atoms with van der Waals surface area (Å²) in [6.07, 6.45) is -2.66. The first-order valence-corrected chi connectivity index (χ1v) is 12.9. The van der Waals surface area contributed by atoms with Crippen molar-refractivity contribution >= 4 is 39.9 Å². The van der Waals surface area contributed by atoms with E-state index in [4.69, 9.17) is 16.3 Å². The summed E-state index contributed by atoms with van der Waals surface area (Å²) in [4.78, 5) is 14.8. The first-order chi connectivity index (χ1) is 18.8. The molecule has 0 spiro atoms. The van der Waals surface area contributed by atoms with Crippen molar-refractivity contribution in [2.24, 2.45) is 0 Å². The zero-order chi connectivity index (χ0) is 27.4. The summed E-state index contributed by atoms with van der Waals surface area (Å²) in [5, 5.41) is 8.95. The number of nitrogens with one attached hydrogen (secondary N) is 3. The number of ether oxygens (including phenoxy) is 1. The Balaban J connectivity index is 1.23. The molecule has 0 saturated carbocycles. The van der Waals surface area contributed by atoms with Crippen molar-refractivity contribution in [2.75, 3.05) is 50.0 Å². The van der Waals surface area contributed by atoms with Gasteiger partial charge in [0.15, 0.2) is 0 Å². The Morgan fingerprint density at radius 2 is 1.69 bits per heavy atom. The molecular weight excluding hydrogens is 531 g/mol. The van der Waals surface area contributed by atoms with Gasteiger partial charge in [-0.05, 0) is 60.7 Å². The second-order valence-electron chi connectivity index (χ2n) is 9.13. The Morgan fingerprint density at radius 1 is 0.974 bits per heavy atom. The molecule has 0 aliphatic carbocycles. The van der Waals surface area contributed by atoms with Gasteiger partial charge in [-0.3, -0.25) is 4.90 Å². The third-order valence-electron chi connectivity index (χ3n) is 6.50. The summed E-state index contributed by atoms with van der Waals surface area (Å²) < 4.78 is 47.4. The van der Waals surface area contributed by atoms with Gasteiger partial charge in [-0.1, -0.05) is 17.7 Å². The molecule has 2 heterocycles. The number of anilines is 2. The highest BCUT2D eigenvalue weighted by Gasteiger charge is 2.33. The van der Waals surface area contributed by atoms with Crippen molar-refractivity contribution in [3.63, 3.8) is 0 Å². The average Bonchev–Trinajstić information content (AvgIpc) is 3.35. The lowest BCUT2D eigenvalue weighted by Crippen LogP contribution is -2.44. The maximum absolute atomic E-state index is 13.1. The molecule has 204 valence electrons. The number of nitrogens with zero attached hydrogens (tertiary/aromatic N) is 2. The summed E-state index contributed by atoms with van der Waals surface area (Å²) in [5.74, 6) is 0.826. The first-order valence-electron chi connectivity index (χ1n) is 12.5. The topological polar surface area (TPSA) is 70.6 Å². The van der Waals surface area contributed by atoms with Gasteiger partial charge in [0.1, 0.15) is 12.4 Å². The van der Waals surface area contributed by atoms with Crippen LogP contribution in [0.15, 0.2) is 72.9 Å². The highest BCUT2D eigenvalue weighted by Crippen LogP contribution is 2.36. The lowest BCUT2D eigenvalue weighted by molar-refractivity contribution is -0.137. The van der Waals surface area contributed by atoms with Crippen LogP contribution in [-0.4, -0.2) is 54.8 Å². The van der Waals surface area contributed by atoms with Crippen molar-refractivity contribution in [2.45, 2.75) is 6.18 Å². The van der Waals surface area contributed by atoms with Crippen molar-refractivity contribution in [1.29, 1.82) is 0 Å². The van der Waals surface area contributed by atoms with Gasteiger partial charge in [0.2, 0.25) is 0 Å². The lowest BCUT2D eigenvalue weighted by Gasteiger charge is -2.26. The van der Waals surface area contributed by atoms with E-state index in [-0.39, 0.29) is 5.69 Å². The van der Waals surface area contributed by atoms with E-state index >= 15 is 0 Å². The lowest BCUT2D eigenvalue weighted by atomic mass is 10.2. The van der Waals surface area contributed by atoms with Gasteiger partial charge in [-0.15, -0.1) is 0 Å². The minimum Gasteiger partial charge on any atom is -0.492 e. The van der Waals surface area contributed by atoms with Crippen molar-refractivity contribution < 1.29 is 22.7 Å². The number of hydrogen-bond acceptors (Lipinski definition) is 4. The number of alkyl halides is 3. The predicted molar refractivity (Wildman–Crippen MR) is 147 cm³/mol. The fourth-order valence-corrected chi connectivity index (χ4v) is 4.75. The number of carbonyl (C=O) groups excluding carboxylic acids is 1. The number of piperazine rings is 1. The molecule has 3 aromatic carbocycles. The molecule has 39 heavy (non-hydrogen) atoms. The smallest absolute Gasteiger partial charge is 0.417 e. The summed E-state index contributed by atoms with van der Waals surface area (Å²) in [6, 6.07) is 17.6. The number of benzene rings is 3. The Morgan fingerprint density at radius 3 is 2.44 bits per heavy atom. The highest BCUT2D eigenvalue weighted by molar-refractivity contribution is 6.31. The van der Waals surface area contributed by atoms with Crippen molar-refractivity contribution in [3.05, 3.63) is 83.5 Å². The normalized spacial score (nSPS) is 14.4. The van der Waals surface area contributed by atoms with Crippen LogP contribution in [-0.2, 0) is 6.18 Å². The zero-order valence-corrected chi connectivity index (χ0v) is 21.6. The van der Waals surface area contributed by atoms with Crippen LogP contribution < -0.4 is 20.7 Å². The number of halogens is 4. The van der Waals surface area contributed by atoms with Crippen LogP contribution in [0.1, 0.15) is 5.56 Å². The standard InChI is InChI=1S/C28H27ClF3N5O2/c29-24-9-6-20(18-23(24)28(30,31)32)35-27(38)34-19-4-7-21(8-5-19)37-13-10-22-25(37)2-1-3-26(22)39-17-16-36-14-11-33-12-15-36/h1-10,13,18,33H,11-12,14-17H2,(H2,34,35,38). The number of aromatic nitrogens is 1. The minimum absolute atomic E-state index is 0.0226. The zero-order valence-electron chi connectivity index (χ0n) is 20.9. The van der Waals surface area contributed by atoms with Gasteiger partial charge in [0, 0.05) is 61.4 Å². The Hall–Kier alpha value is -3.73. The Bertz CT molecular complexity index is 1450. The molecule has 5 rings (SSSR count). The second-order valence-corrected chi connectivity index (χ2v) is 9.54. The van der Waals surface area contributed by atoms with E-state index < -0.39 is 22.8 Å². The molecule has 11 heteroatoms. The van der Waals surface area contributed by atoms with Gasteiger partial charge < -0.3 is 25.3 Å². The van der Waals surface area contributed by atoms with Crippen molar-refractivity contribution in [3.8, 4) is 11.4 Å². The van der Waals surface area contributed by atoms with Crippen LogP contribution in [0.2, 0.25) is 5.02 Å². The Kier molecular flexibility index (Phi) is 7.97. The Labute approximate surface area is 228 Å². The molecule has 1 saturated heterocycles. The largest absolute Gasteiger partial charge is 0.492 e. The van der Waals surface area contributed by atoms with Gasteiger partial charge >= 0.3 is 12.2 Å². The van der Waals surface area contributed by atoms with E-state index in [1.807, 2.05) is 47.2 Å². The van der Waals surface area contributed by atoms with E-state index in [1.165, 1.54) is 6.07 Å². The number of amides is 2. The molecule has 0 atom stereocenters. The molecule has 4 aromatic rings. The molecule has 7 nitrogen and oxygen atoms in total. The molecule has 1 aromatic heterocycles. The maximum atomic E-state index is 13.1. The van der Waals surface area contributed by atoms with E-state index in [0.717, 1.165) is 67.2 Å². The molecule has 0 radical (unpaired) electrons. The number of carbonyl (C=O) groups is 1. The van der Waals surface area contributed by atoms with Gasteiger partial charge in [0.25, 0.3) is 0 Å². The molecule has 2 amide bonds. The number of fused-ring (bicyclic) bond motifs is 1. The summed E-state index contributed by atoms with van der Waals surface area (Å²) in [7, 11) is 0. The third-order valence-corrected chi connectivity index (χ3v) is 6.83. The summed E-state index contributed by atoms with van der Waals surface area (Å²) >= 11 is 5.64. The fourth-order valence-electron chi connectivity index (χ4n) is 4.53. The SMILES string of the molecule is O=C(Nc1ccc(-n2ccc3c(OCCN4CCNCC4)cccc32)cc1)Nc1ccc(Cl)c(C(F)(F)F)c1. The number of rotatable bonds is 7. The van der Waals surface area contributed by atoms with Crippen LogP contribution in [0.3, 0.4) is 0 Å². The quantitative estimate of drug-likeness (QED) is 0.252. The van der Waals surface area contributed by atoms with E-state index in [1.54, 1.807) is 12.1 Å². The van der Waals surface area contributed by atoms with Gasteiger partial charge in [-0.2, -0.15) is 13.2 Å². The molecule has 3 N–H and O–H groups in total. The molecular formula is C28H27ClF3N5O2. The summed E-state index contributed by atoms with van der Waals surface area (Å²) in [5.41, 5.74) is 1.30. The number of urea groups is 1. The molecule has 0 bridgehead atoms. The molecule has 1 aliphatic heterocycles. The molecule has 0 unspecified atom stereocenters. The monoisotopic (exact) mass is 557 g/mol. The minimum atomic E-state index is -4.62. The number of hydrogen-bond donors (Lipinski definition) is 3. The van der Waals surface area contributed by atoms with Crippen LogP contribution in [0.4, 0.5) is 29.3 Å². The van der Waals surface area contributed by atoms with Gasteiger partial charge in [0.05, 0.1) is 16.1 Å². The second kappa shape index (κ2) is 11.6. The van der Waals surface area contributed by atoms with Crippen LogP contribution in [0, 0.1) is 0 Å². The predicted octanol–water partition coefficient (Wildman–Crippen LogP) is 6.23. The van der Waals surface area contributed by atoms with E-state index in [0.29, 0.717) is 12.3 Å². The summed E-state index contributed by atoms with van der Waals surface area (Å²) in [6.45, 7) is 5.54. The van der Waals surface area contributed by atoms with Crippen LogP contribution >= 0.6 is 11.6 Å². The molecule has 1 fully saturated rings. The maximum Gasteiger partial charge on any atom is 0.417 e. The van der Waals surface area contributed by atoms with E-state index in [2.05, 4.69) is 20.9 Å². The highest BCUT2D eigenvalue weighted by atomic mass is 35.5. The van der Waals surface area contributed by atoms with Crippen molar-refractivity contribution in [1.82, 2.24) is 14.8 Å². The van der Waals surface area contributed by atoms with Crippen LogP contribution in [0.25, 0.3) is 16.6 Å². The third kappa shape index (κ3) is 6.47. The average molecular weight is 558 g/mol. The van der Waals surface area contributed by atoms with E-state index in [9.17, 15) is 18.0 Å².